The van der Waals surface area contributed by atoms with Crippen molar-refractivity contribution in [3.05, 3.63) is 59.2 Å². The molecule has 4 rings (SSSR count). The molecule has 0 aromatic carbocycles. The molecule has 1 fully saturated rings. The quantitative estimate of drug-likeness (QED) is 0.360. The summed E-state index contributed by atoms with van der Waals surface area (Å²) >= 11 is 5.84. The Kier molecular flexibility index (Phi) is 7.00. The van der Waals surface area contributed by atoms with E-state index in [1.54, 1.807) is 29.1 Å². The highest BCUT2D eigenvalue weighted by Gasteiger charge is 2.37. The highest BCUT2D eigenvalue weighted by atomic mass is 35.5. The Labute approximate surface area is 200 Å². The summed E-state index contributed by atoms with van der Waals surface area (Å²) in [5.41, 5.74) is 0.360. The predicted molar refractivity (Wildman–Crippen MR) is 121 cm³/mol. The van der Waals surface area contributed by atoms with Crippen LogP contribution < -0.4 is 10.0 Å². The minimum atomic E-state index is -3.96. The van der Waals surface area contributed by atoms with E-state index in [-0.39, 0.29) is 47.2 Å². The lowest BCUT2D eigenvalue weighted by atomic mass is 10.1. The van der Waals surface area contributed by atoms with Crippen molar-refractivity contribution in [1.29, 1.82) is 0 Å². The number of halogens is 1. The van der Waals surface area contributed by atoms with Gasteiger partial charge in [-0.3, -0.25) is 13.7 Å². The smallest absolute Gasteiger partial charge is 0.335 e. The van der Waals surface area contributed by atoms with E-state index in [0.717, 1.165) is 0 Å². The summed E-state index contributed by atoms with van der Waals surface area (Å²) in [5.74, 6) is 0.430. The van der Waals surface area contributed by atoms with E-state index in [1.807, 2.05) is 11.6 Å². The SMILES string of the molecule is CNS(=O)(=O)O[C@@H]1C[C@H](Nc2ncncc2C(=O)c2ccn([C@H](C)c3ccc(Cl)o3)n2)C[C@@H]1O. The molecular weight excluding hydrogens is 488 g/mol. The Morgan fingerprint density at radius 1 is 1.35 bits per heavy atom. The molecule has 0 unspecified atom stereocenters. The summed E-state index contributed by atoms with van der Waals surface area (Å²) in [6.07, 6.45) is 2.78. The summed E-state index contributed by atoms with van der Waals surface area (Å²) in [7, 11) is -2.74. The maximum atomic E-state index is 13.2. The van der Waals surface area contributed by atoms with Crippen LogP contribution in [0.15, 0.2) is 41.3 Å². The number of nitrogens with zero attached hydrogens (tertiary/aromatic N) is 4. The van der Waals surface area contributed by atoms with Gasteiger partial charge in [-0.05, 0) is 49.6 Å². The molecule has 3 aromatic heterocycles. The molecule has 34 heavy (non-hydrogen) atoms. The first-order chi connectivity index (χ1) is 16.2. The first kappa shape index (κ1) is 24.3. The van der Waals surface area contributed by atoms with Crippen molar-refractivity contribution in [2.24, 2.45) is 0 Å². The van der Waals surface area contributed by atoms with Gasteiger partial charge in [0, 0.05) is 25.5 Å². The minimum Gasteiger partial charge on any atom is -0.447 e. The van der Waals surface area contributed by atoms with Crippen molar-refractivity contribution >= 4 is 33.5 Å². The van der Waals surface area contributed by atoms with Crippen molar-refractivity contribution in [2.45, 2.75) is 44.1 Å². The minimum absolute atomic E-state index is 0.176. The third-order valence-electron chi connectivity index (χ3n) is 5.51. The number of hydrogen-bond donors (Lipinski definition) is 3. The van der Waals surface area contributed by atoms with Crippen LogP contribution in [-0.2, 0) is 14.5 Å². The molecule has 1 aliphatic rings. The number of aliphatic hydroxyl groups excluding tert-OH is 1. The van der Waals surface area contributed by atoms with Gasteiger partial charge in [-0.25, -0.2) is 9.97 Å². The molecule has 0 aliphatic heterocycles. The summed E-state index contributed by atoms with van der Waals surface area (Å²) in [6, 6.07) is 4.27. The highest BCUT2D eigenvalue weighted by Crippen LogP contribution is 2.28. The summed E-state index contributed by atoms with van der Waals surface area (Å²) in [6.45, 7) is 1.85. The Morgan fingerprint density at radius 2 is 2.15 bits per heavy atom. The van der Waals surface area contributed by atoms with E-state index in [1.165, 1.54) is 19.6 Å². The molecule has 0 spiro atoms. The van der Waals surface area contributed by atoms with E-state index in [9.17, 15) is 18.3 Å². The maximum absolute atomic E-state index is 13.2. The first-order valence-corrected chi connectivity index (χ1v) is 12.2. The zero-order chi connectivity index (χ0) is 24.5. The van der Waals surface area contributed by atoms with Gasteiger partial charge in [-0.15, -0.1) is 0 Å². The van der Waals surface area contributed by atoms with Gasteiger partial charge in [0.05, 0.1) is 11.7 Å². The van der Waals surface area contributed by atoms with Gasteiger partial charge in [0.25, 0.3) is 0 Å². The molecule has 0 amide bonds. The number of rotatable bonds is 9. The van der Waals surface area contributed by atoms with Gasteiger partial charge in [-0.2, -0.15) is 18.2 Å². The number of aromatic nitrogens is 4. The van der Waals surface area contributed by atoms with E-state index < -0.39 is 28.3 Å². The van der Waals surface area contributed by atoms with Crippen LogP contribution in [0, 0.1) is 0 Å². The lowest BCUT2D eigenvalue weighted by Crippen LogP contribution is -2.31. The van der Waals surface area contributed by atoms with E-state index in [4.69, 9.17) is 20.2 Å². The molecule has 0 radical (unpaired) electrons. The van der Waals surface area contributed by atoms with Crippen LogP contribution in [0.3, 0.4) is 0 Å². The number of hydrogen-bond acceptors (Lipinski definition) is 10. The van der Waals surface area contributed by atoms with Gasteiger partial charge in [-0.1, -0.05) is 0 Å². The average molecular weight is 511 g/mol. The van der Waals surface area contributed by atoms with E-state index in [0.29, 0.717) is 5.76 Å². The molecule has 14 heteroatoms. The van der Waals surface area contributed by atoms with Crippen molar-refractivity contribution in [3.63, 3.8) is 0 Å². The summed E-state index contributed by atoms with van der Waals surface area (Å²) in [4.78, 5) is 21.3. The molecule has 4 atom stereocenters. The topological polar surface area (TPSA) is 161 Å². The van der Waals surface area contributed by atoms with Crippen LogP contribution in [0.5, 0.6) is 0 Å². The Bertz CT molecular complexity index is 1280. The van der Waals surface area contributed by atoms with Gasteiger partial charge in [0.2, 0.25) is 5.78 Å². The number of carbonyl (C=O) groups is 1. The number of carbonyl (C=O) groups excluding carboxylic acids is 1. The number of aliphatic hydroxyl groups is 1. The Hall–Kier alpha value is -2.84. The van der Waals surface area contributed by atoms with Gasteiger partial charge >= 0.3 is 10.3 Å². The van der Waals surface area contributed by atoms with Gasteiger partial charge < -0.3 is 14.8 Å². The fourth-order valence-corrected chi connectivity index (χ4v) is 4.49. The van der Waals surface area contributed by atoms with Crippen molar-refractivity contribution in [1.82, 2.24) is 24.5 Å². The van der Waals surface area contributed by atoms with Gasteiger partial charge in [0.1, 0.15) is 35.7 Å². The van der Waals surface area contributed by atoms with E-state index in [2.05, 4.69) is 20.4 Å². The number of nitrogens with one attached hydrogen (secondary N) is 2. The third kappa shape index (κ3) is 5.28. The number of anilines is 1. The molecule has 182 valence electrons. The van der Waals surface area contributed by atoms with Crippen LogP contribution in [-0.4, -0.2) is 64.4 Å². The molecular formula is C20H23ClN6O6S. The van der Waals surface area contributed by atoms with Crippen molar-refractivity contribution in [3.8, 4) is 0 Å². The third-order valence-corrected chi connectivity index (χ3v) is 6.72. The Balaban J connectivity index is 1.49. The fourth-order valence-electron chi connectivity index (χ4n) is 3.71. The summed E-state index contributed by atoms with van der Waals surface area (Å²) in [5, 5.41) is 17.9. The largest absolute Gasteiger partial charge is 0.447 e. The zero-order valence-corrected chi connectivity index (χ0v) is 19.8. The van der Waals surface area contributed by atoms with Gasteiger partial charge in [0.15, 0.2) is 5.22 Å². The lowest BCUT2D eigenvalue weighted by Gasteiger charge is -2.15. The van der Waals surface area contributed by atoms with Crippen LogP contribution >= 0.6 is 11.6 Å². The van der Waals surface area contributed by atoms with Crippen LogP contribution in [0.4, 0.5) is 5.82 Å². The second-order valence-corrected chi connectivity index (χ2v) is 9.67. The average Bonchev–Trinajstić information content (AvgIpc) is 3.54. The molecule has 1 saturated carbocycles. The number of furan rings is 1. The number of ketones is 1. The van der Waals surface area contributed by atoms with Crippen molar-refractivity contribution < 1.29 is 26.9 Å². The molecule has 3 aromatic rings. The molecule has 12 nitrogen and oxygen atoms in total. The molecule has 3 heterocycles. The standard InChI is InChI=1S/C20H23ClN6O6S/c1-11(16-3-4-18(21)32-16)27-6-5-14(26-27)19(29)13-9-23-10-24-20(13)25-12-7-15(28)17(8-12)33-34(30,31)22-2/h3-6,9-12,15,17,22,28H,7-8H2,1-2H3,(H,23,24,25)/t11-,12-,15+,17-/m1/s1. The maximum Gasteiger partial charge on any atom is 0.335 e. The van der Waals surface area contributed by atoms with E-state index >= 15 is 0 Å². The van der Waals surface area contributed by atoms with Crippen LogP contribution in [0.2, 0.25) is 5.22 Å². The van der Waals surface area contributed by atoms with Crippen LogP contribution in [0.1, 0.15) is 47.6 Å². The second-order valence-electron chi connectivity index (χ2n) is 7.79. The Morgan fingerprint density at radius 3 is 2.85 bits per heavy atom. The fraction of sp³-hybridized carbons (Fsp3) is 0.400. The second kappa shape index (κ2) is 9.80. The monoisotopic (exact) mass is 510 g/mol. The highest BCUT2D eigenvalue weighted by molar-refractivity contribution is 7.84. The summed E-state index contributed by atoms with van der Waals surface area (Å²) < 4.78 is 37.3. The lowest BCUT2D eigenvalue weighted by molar-refractivity contribution is 0.0636. The predicted octanol–water partition coefficient (Wildman–Crippen LogP) is 1.54. The zero-order valence-electron chi connectivity index (χ0n) is 18.3. The van der Waals surface area contributed by atoms with Crippen LogP contribution in [0.25, 0.3) is 0 Å². The molecule has 3 N–H and O–H groups in total. The normalized spacial score (nSPS) is 21.5. The first-order valence-electron chi connectivity index (χ1n) is 10.4. The molecule has 1 aliphatic carbocycles. The van der Waals surface area contributed by atoms with Crippen molar-refractivity contribution in [2.75, 3.05) is 12.4 Å². The molecule has 0 bridgehead atoms. The molecule has 0 saturated heterocycles.